The van der Waals surface area contributed by atoms with E-state index in [9.17, 15) is 18.3 Å². The quantitative estimate of drug-likeness (QED) is 0.794. The summed E-state index contributed by atoms with van der Waals surface area (Å²) in [6.45, 7) is 1.48. The van der Waals surface area contributed by atoms with Gasteiger partial charge in [0.25, 0.3) is 0 Å². The highest BCUT2D eigenvalue weighted by Crippen LogP contribution is 2.39. The summed E-state index contributed by atoms with van der Waals surface area (Å²) < 4.78 is 22.6. The average Bonchev–Trinajstić information content (AvgIpc) is 2.71. The second-order valence-corrected chi connectivity index (χ2v) is 7.52. The summed E-state index contributed by atoms with van der Waals surface area (Å²) in [7, 11) is -2.88. The van der Waals surface area contributed by atoms with Gasteiger partial charge in [-0.15, -0.1) is 0 Å². The van der Waals surface area contributed by atoms with Crippen LogP contribution in [0.15, 0.2) is 0 Å². The Labute approximate surface area is 102 Å². The molecule has 0 aromatic carbocycles. The van der Waals surface area contributed by atoms with Gasteiger partial charge in [-0.1, -0.05) is 12.8 Å². The fourth-order valence-electron chi connectivity index (χ4n) is 2.83. The Hall–Kier alpha value is -0.620. The molecular formula is C11H19NO4S. The topological polar surface area (TPSA) is 74.7 Å². The van der Waals surface area contributed by atoms with Crippen molar-refractivity contribution >= 4 is 15.8 Å². The van der Waals surface area contributed by atoms with Gasteiger partial charge in [0, 0.05) is 19.6 Å². The van der Waals surface area contributed by atoms with Crippen LogP contribution in [0.4, 0.5) is 0 Å². The van der Waals surface area contributed by atoms with Crippen LogP contribution in [0, 0.1) is 5.41 Å². The van der Waals surface area contributed by atoms with Gasteiger partial charge in [0.05, 0.1) is 16.9 Å². The second-order valence-electron chi connectivity index (χ2n) is 5.22. The summed E-state index contributed by atoms with van der Waals surface area (Å²) in [5.41, 5.74) is -0.624. The molecule has 0 aromatic rings. The lowest BCUT2D eigenvalue weighted by Crippen LogP contribution is -2.47. The van der Waals surface area contributed by atoms with E-state index in [1.165, 1.54) is 0 Å². The maximum atomic E-state index is 11.4. The highest BCUT2D eigenvalue weighted by Gasteiger charge is 2.43. The van der Waals surface area contributed by atoms with E-state index in [1.54, 1.807) is 0 Å². The lowest BCUT2D eigenvalue weighted by atomic mass is 9.85. The van der Waals surface area contributed by atoms with Crippen LogP contribution in [0.3, 0.4) is 0 Å². The van der Waals surface area contributed by atoms with Crippen LogP contribution in [0.2, 0.25) is 0 Å². The van der Waals surface area contributed by atoms with Crippen LogP contribution in [-0.2, 0) is 14.6 Å². The average molecular weight is 261 g/mol. The number of sulfone groups is 1. The lowest BCUT2D eigenvalue weighted by Gasteiger charge is -2.34. The number of carboxylic acids is 1. The van der Waals surface area contributed by atoms with E-state index < -0.39 is 21.2 Å². The Morgan fingerprint density at radius 2 is 1.71 bits per heavy atom. The molecule has 0 radical (unpaired) electrons. The first kappa shape index (κ1) is 12.8. The molecule has 0 bridgehead atoms. The smallest absolute Gasteiger partial charge is 0.310 e. The normalized spacial score (nSPS) is 28.0. The molecule has 0 aromatic heterocycles. The number of carbonyl (C=O) groups is 1. The van der Waals surface area contributed by atoms with Gasteiger partial charge in [-0.3, -0.25) is 4.79 Å². The predicted molar refractivity (Wildman–Crippen MR) is 63.6 cm³/mol. The first-order chi connectivity index (χ1) is 7.94. The minimum atomic E-state index is -2.88. The zero-order valence-electron chi connectivity index (χ0n) is 9.89. The van der Waals surface area contributed by atoms with Crippen molar-refractivity contribution in [1.82, 2.24) is 4.90 Å². The molecule has 6 heteroatoms. The number of aliphatic carboxylic acids is 1. The highest BCUT2D eigenvalue weighted by molar-refractivity contribution is 7.91. The first-order valence-electron chi connectivity index (χ1n) is 6.10. The molecule has 0 spiro atoms. The van der Waals surface area contributed by atoms with Crippen molar-refractivity contribution in [1.29, 1.82) is 0 Å². The number of hydrogen-bond acceptors (Lipinski definition) is 4. The summed E-state index contributed by atoms with van der Waals surface area (Å²) in [4.78, 5) is 13.4. The molecule has 0 unspecified atom stereocenters. The molecule has 1 aliphatic heterocycles. The molecule has 1 N–H and O–H groups in total. The summed E-state index contributed by atoms with van der Waals surface area (Å²) in [5, 5.41) is 9.35. The molecule has 0 atom stereocenters. The Morgan fingerprint density at radius 3 is 2.18 bits per heavy atom. The Balaban J connectivity index is 1.98. The van der Waals surface area contributed by atoms with Crippen molar-refractivity contribution < 1.29 is 18.3 Å². The third kappa shape index (κ3) is 2.80. The maximum absolute atomic E-state index is 11.4. The van der Waals surface area contributed by atoms with Crippen LogP contribution in [-0.4, -0.2) is 55.5 Å². The Kier molecular flexibility index (Phi) is 3.45. The van der Waals surface area contributed by atoms with Gasteiger partial charge < -0.3 is 10.0 Å². The van der Waals surface area contributed by atoms with Crippen molar-refractivity contribution in [3.05, 3.63) is 0 Å². The van der Waals surface area contributed by atoms with Crippen molar-refractivity contribution in [3.63, 3.8) is 0 Å². The van der Waals surface area contributed by atoms with Crippen LogP contribution in [0.25, 0.3) is 0 Å². The zero-order valence-corrected chi connectivity index (χ0v) is 10.7. The van der Waals surface area contributed by atoms with E-state index in [0.29, 0.717) is 19.6 Å². The predicted octanol–water partition coefficient (Wildman–Crippen LogP) is 0.362. The summed E-state index contributed by atoms with van der Waals surface area (Å²) in [6.07, 6.45) is 3.40. The van der Waals surface area contributed by atoms with Crippen LogP contribution >= 0.6 is 0 Å². The second kappa shape index (κ2) is 4.57. The molecule has 5 nitrogen and oxygen atoms in total. The van der Waals surface area contributed by atoms with E-state index >= 15 is 0 Å². The van der Waals surface area contributed by atoms with Crippen LogP contribution < -0.4 is 0 Å². The minimum absolute atomic E-state index is 0.169. The van der Waals surface area contributed by atoms with Gasteiger partial charge >= 0.3 is 5.97 Å². The number of nitrogens with zero attached hydrogens (tertiary/aromatic N) is 1. The van der Waals surface area contributed by atoms with Crippen molar-refractivity contribution in [3.8, 4) is 0 Å². The molecule has 1 aliphatic carbocycles. The molecule has 2 rings (SSSR count). The minimum Gasteiger partial charge on any atom is -0.481 e. The molecule has 2 aliphatic rings. The molecule has 98 valence electrons. The molecule has 1 heterocycles. The molecule has 2 fully saturated rings. The Bertz CT molecular complexity index is 384. The van der Waals surface area contributed by atoms with Gasteiger partial charge in [0.15, 0.2) is 9.84 Å². The fourth-order valence-corrected chi connectivity index (χ4v) is 4.10. The summed E-state index contributed by atoms with van der Waals surface area (Å²) in [6, 6.07) is 0. The van der Waals surface area contributed by atoms with Crippen LogP contribution in [0.5, 0.6) is 0 Å². The third-order valence-corrected chi connectivity index (χ3v) is 5.59. The maximum Gasteiger partial charge on any atom is 0.310 e. The number of rotatable bonds is 3. The van der Waals surface area contributed by atoms with E-state index in [4.69, 9.17) is 0 Å². The molecule has 0 amide bonds. The van der Waals surface area contributed by atoms with Crippen LogP contribution in [0.1, 0.15) is 25.7 Å². The van der Waals surface area contributed by atoms with Gasteiger partial charge in [0.2, 0.25) is 0 Å². The lowest BCUT2D eigenvalue weighted by molar-refractivity contribution is -0.149. The molecule has 1 saturated heterocycles. The monoisotopic (exact) mass is 261 g/mol. The highest BCUT2D eigenvalue weighted by atomic mass is 32.2. The van der Waals surface area contributed by atoms with Crippen molar-refractivity contribution in [2.75, 3.05) is 31.1 Å². The van der Waals surface area contributed by atoms with E-state index in [1.807, 2.05) is 4.90 Å². The zero-order chi connectivity index (χ0) is 12.5. The summed E-state index contributed by atoms with van der Waals surface area (Å²) >= 11 is 0. The van der Waals surface area contributed by atoms with Crippen molar-refractivity contribution in [2.24, 2.45) is 5.41 Å². The van der Waals surface area contributed by atoms with E-state index in [0.717, 1.165) is 25.7 Å². The van der Waals surface area contributed by atoms with E-state index in [2.05, 4.69) is 0 Å². The number of carboxylic acid groups (broad SMARTS) is 1. The van der Waals surface area contributed by atoms with Gasteiger partial charge in [-0.2, -0.15) is 0 Å². The summed E-state index contributed by atoms with van der Waals surface area (Å²) in [5.74, 6) is -0.380. The van der Waals surface area contributed by atoms with Gasteiger partial charge in [-0.05, 0) is 12.8 Å². The number of hydrogen-bond donors (Lipinski definition) is 1. The largest absolute Gasteiger partial charge is 0.481 e. The third-order valence-electron chi connectivity index (χ3n) is 3.98. The molecule has 17 heavy (non-hydrogen) atoms. The SMILES string of the molecule is O=C(O)C1(CN2CCS(=O)(=O)CC2)CCCC1. The standard InChI is InChI=1S/C11H19NO4S/c13-10(14)11(3-1-2-4-11)9-12-5-7-17(15,16)8-6-12/h1-9H2,(H,13,14). The molecule has 1 saturated carbocycles. The first-order valence-corrected chi connectivity index (χ1v) is 7.92. The van der Waals surface area contributed by atoms with Crippen molar-refractivity contribution in [2.45, 2.75) is 25.7 Å². The van der Waals surface area contributed by atoms with E-state index in [-0.39, 0.29) is 11.5 Å². The van der Waals surface area contributed by atoms with Gasteiger partial charge in [0.1, 0.15) is 0 Å². The van der Waals surface area contributed by atoms with Gasteiger partial charge in [-0.25, -0.2) is 8.42 Å². The fraction of sp³-hybridized carbons (Fsp3) is 0.909. The molecular weight excluding hydrogens is 242 g/mol. The Morgan fingerprint density at radius 1 is 1.18 bits per heavy atom.